The Balaban J connectivity index is 2.23. The minimum Gasteiger partial charge on any atom is -0.295 e. The number of nitrogens with zero attached hydrogens (tertiary/aromatic N) is 2. The first kappa shape index (κ1) is 10.1. The van der Waals surface area contributed by atoms with Crippen molar-refractivity contribution < 1.29 is 4.79 Å². The number of hydrogen-bond donors (Lipinski definition) is 0. The molecule has 1 atom stereocenters. The maximum Gasteiger partial charge on any atom is 0.180 e. The lowest BCUT2D eigenvalue weighted by atomic mass is 9.88. The van der Waals surface area contributed by atoms with Gasteiger partial charge in [-0.2, -0.15) is 11.8 Å². The zero-order valence-electron chi connectivity index (χ0n) is 8.02. The van der Waals surface area contributed by atoms with Crippen LogP contribution in [0.2, 0.25) is 0 Å². The first-order valence-corrected chi connectivity index (χ1v) is 6.59. The van der Waals surface area contributed by atoms with E-state index in [-0.39, 0.29) is 5.41 Å². The molecule has 2 rings (SSSR count). The molecule has 1 fully saturated rings. The van der Waals surface area contributed by atoms with Gasteiger partial charge in [-0.25, -0.2) is 0 Å². The molecule has 0 amide bonds. The maximum atomic E-state index is 10.5. The molecule has 0 radical (unpaired) electrons. The monoisotopic (exact) mass is 228 g/mol. The van der Waals surface area contributed by atoms with Gasteiger partial charge in [0.1, 0.15) is 5.01 Å². The van der Waals surface area contributed by atoms with Gasteiger partial charge < -0.3 is 0 Å². The Hall–Kier alpha value is -0.420. The molecule has 3 nitrogen and oxygen atoms in total. The number of carbonyl (C=O) groups is 1. The molecule has 76 valence electrons. The molecule has 0 aromatic carbocycles. The fraction of sp³-hybridized carbons (Fsp3) is 0.667. The summed E-state index contributed by atoms with van der Waals surface area (Å²) < 4.78 is 0. The van der Waals surface area contributed by atoms with Crippen molar-refractivity contribution in [3.8, 4) is 0 Å². The van der Waals surface area contributed by atoms with Gasteiger partial charge in [0.2, 0.25) is 0 Å². The van der Waals surface area contributed by atoms with Gasteiger partial charge in [-0.15, -0.1) is 10.2 Å². The Labute approximate surface area is 91.3 Å². The summed E-state index contributed by atoms with van der Waals surface area (Å²) in [5.41, 5.74) is 0.141. The third kappa shape index (κ3) is 1.83. The van der Waals surface area contributed by atoms with Crippen LogP contribution in [-0.4, -0.2) is 28.0 Å². The van der Waals surface area contributed by atoms with E-state index in [4.69, 9.17) is 0 Å². The Kier molecular flexibility index (Phi) is 2.88. The van der Waals surface area contributed by atoms with E-state index in [0.717, 1.165) is 23.5 Å². The van der Waals surface area contributed by atoms with Crippen molar-refractivity contribution in [2.45, 2.75) is 25.2 Å². The van der Waals surface area contributed by atoms with E-state index in [1.807, 2.05) is 11.8 Å². The van der Waals surface area contributed by atoms with E-state index < -0.39 is 0 Å². The molecule has 0 spiro atoms. The summed E-state index contributed by atoms with van der Waals surface area (Å²) in [6.45, 7) is 2.22. The maximum absolute atomic E-state index is 10.5. The minimum absolute atomic E-state index is 0.141. The van der Waals surface area contributed by atoms with Crippen LogP contribution in [0.3, 0.4) is 0 Å². The largest absolute Gasteiger partial charge is 0.295 e. The second-order valence-corrected chi connectivity index (χ2v) is 5.89. The second kappa shape index (κ2) is 3.98. The summed E-state index contributed by atoms with van der Waals surface area (Å²) in [4.78, 5) is 10.5. The lowest BCUT2D eigenvalue weighted by Gasteiger charge is -2.30. The number of aromatic nitrogens is 2. The van der Waals surface area contributed by atoms with Crippen molar-refractivity contribution in [1.29, 1.82) is 0 Å². The number of thioether (sulfide) groups is 1. The smallest absolute Gasteiger partial charge is 0.180 e. The fourth-order valence-electron chi connectivity index (χ4n) is 1.63. The summed E-state index contributed by atoms with van der Waals surface area (Å²) in [5.74, 6) is 2.34. The van der Waals surface area contributed by atoms with Crippen LogP contribution in [0.5, 0.6) is 0 Å². The predicted octanol–water partition coefficient (Wildman–Crippen LogP) is 2.14. The van der Waals surface area contributed by atoms with Gasteiger partial charge in [-0.3, -0.25) is 4.79 Å². The van der Waals surface area contributed by atoms with Gasteiger partial charge in [0.15, 0.2) is 11.3 Å². The SMILES string of the molecule is CC1(c2nnc(C=O)s2)CCCSC1. The van der Waals surface area contributed by atoms with Crippen molar-refractivity contribution in [3.63, 3.8) is 0 Å². The standard InChI is InChI=1S/C9H12N2OS2/c1-9(3-2-4-13-6-9)8-11-10-7(5-12)14-8/h5H,2-4,6H2,1H3. The van der Waals surface area contributed by atoms with Crippen LogP contribution in [0, 0.1) is 0 Å². The molecule has 2 heterocycles. The molecule has 0 bridgehead atoms. The Morgan fingerprint density at radius 1 is 1.50 bits per heavy atom. The van der Waals surface area contributed by atoms with Gasteiger partial charge >= 0.3 is 0 Å². The average molecular weight is 228 g/mol. The van der Waals surface area contributed by atoms with Crippen LogP contribution in [0.1, 0.15) is 34.6 Å². The molecule has 1 aromatic heterocycles. The third-order valence-corrected chi connectivity index (χ3v) is 5.07. The van der Waals surface area contributed by atoms with Crippen LogP contribution >= 0.6 is 23.1 Å². The normalized spacial score (nSPS) is 27.5. The van der Waals surface area contributed by atoms with Crippen LogP contribution in [0.25, 0.3) is 0 Å². The Bertz CT molecular complexity index is 331. The van der Waals surface area contributed by atoms with Gasteiger partial charge in [-0.1, -0.05) is 18.3 Å². The number of aldehydes is 1. The highest BCUT2D eigenvalue weighted by atomic mass is 32.2. The van der Waals surface area contributed by atoms with E-state index in [2.05, 4.69) is 17.1 Å². The van der Waals surface area contributed by atoms with Crippen molar-refractivity contribution in [2.75, 3.05) is 11.5 Å². The summed E-state index contributed by atoms with van der Waals surface area (Å²) in [6, 6.07) is 0. The third-order valence-electron chi connectivity index (χ3n) is 2.50. The van der Waals surface area contributed by atoms with Gasteiger partial charge in [0, 0.05) is 11.2 Å². The predicted molar refractivity (Wildman–Crippen MR) is 59.2 cm³/mol. The molecule has 1 unspecified atom stereocenters. The highest BCUT2D eigenvalue weighted by Gasteiger charge is 2.32. The van der Waals surface area contributed by atoms with Crippen molar-refractivity contribution in [3.05, 3.63) is 10.0 Å². The van der Waals surface area contributed by atoms with E-state index in [1.165, 1.54) is 23.5 Å². The first-order valence-electron chi connectivity index (χ1n) is 4.61. The van der Waals surface area contributed by atoms with Crippen LogP contribution in [0.4, 0.5) is 0 Å². The minimum atomic E-state index is 0.141. The zero-order chi connectivity index (χ0) is 10.0. The molecule has 14 heavy (non-hydrogen) atoms. The number of rotatable bonds is 2. The summed E-state index contributed by atoms with van der Waals surface area (Å²) in [7, 11) is 0. The van der Waals surface area contributed by atoms with Gasteiger partial charge in [0.05, 0.1) is 0 Å². The summed E-state index contributed by atoms with van der Waals surface area (Å²) >= 11 is 3.40. The highest BCUT2D eigenvalue weighted by molar-refractivity contribution is 7.99. The van der Waals surface area contributed by atoms with Crippen LogP contribution < -0.4 is 0 Å². The molecule has 1 aliphatic heterocycles. The summed E-state index contributed by atoms with van der Waals surface area (Å²) in [5, 5.41) is 9.47. The van der Waals surface area contributed by atoms with E-state index in [0.29, 0.717) is 5.01 Å². The molecule has 1 saturated heterocycles. The highest BCUT2D eigenvalue weighted by Crippen LogP contribution is 2.38. The van der Waals surface area contributed by atoms with Crippen LogP contribution in [-0.2, 0) is 5.41 Å². The lowest BCUT2D eigenvalue weighted by Crippen LogP contribution is -2.28. The Morgan fingerprint density at radius 3 is 2.93 bits per heavy atom. The number of hydrogen-bond acceptors (Lipinski definition) is 5. The van der Waals surface area contributed by atoms with Crippen molar-refractivity contribution in [1.82, 2.24) is 10.2 Å². The second-order valence-electron chi connectivity index (χ2n) is 3.78. The van der Waals surface area contributed by atoms with E-state index >= 15 is 0 Å². The number of carbonyl (C=O) groups excluding carboxylic acids is 1. The van der Waals surface area contributed by atoms with Crippen molar-refractivity contribution >= 4 is 29.4 Å². The van der Waals surface area contributed by atoms with Gasteiger partial charge in [0.25, 0.3) is 0 Å². The van der Waals surface area contributed by atoms with E-state index in [1.54, 1.807) is 0 Å². The quantitative estimate of drug-likeness (QED) is 0.727. The molecule has 1 aliphatic rings. The molecule has 1 aromatic rings. The summed E-state index contributed by atoms with van der Waals surface area (Å²) in [6.07, 6.45) is 3.17. The average Bonchev–Trinajstić information content (AvgIpc) is 2.67. The van der Waals surface area contributed by atoms with Crippen molar-refractivity contribution in [2.24, 2.45) is 0 Å². The molecule has 0 aliphatic carbocycles. The topological polar surface area (TPSA) is 42.9 Å². The van der Waals surface area contributed by atoms with E-state index in [9.17, 15) is 4.79 Å². The molecule has 5 heteroatoms. The molecule has 0 N–H and O–H groups in total. The molecular weight excluding hydrogens is 216 g/mol. The first-order chi connectivity index (χ1) is 6.74. The molecule has 0 saturated carbocycles. The van der Waals surface area contributed by atoms with Gasteiger partial charge in [-0.05, 0) is 18.6 Å². The zero-order valence-corrected chi connectivity index (χ0v) is 9.66. The van der Waals surface area contributed by atoms with Crippen LogP contribution in [0.15, 0.2) is 0 Å². The lowest BCUT2D eigenvalue weighted by molar-refractivity contribution is 0.112. The fourth-order valence-corrected chi connectivity index (χ4v) is 3.77. The Morgan fingerprint density at radius 2 is 2.36 bits per heavy atom. The molecular formula is C9H12N2OS2.